The molecule has 0 unspecified atom stereocenters. The first-order chi connectivity index (χ1) is 10.3. The molecule has 0 aliphatic carbocycles. The van der Waals surface area contributed by atoms with Crippen molar-refractivity contribution in [1.29, 1.82) is 0 Å². The van der Waals surface area contributed by atoms with E-state index in [1.807, 2.05) is 22.4 Å². The average Bonchev–Trinajstić information content (AvgIpc) is 2.89. The molecule has 3 rings (SSSR count). The van der Waals surface area contributed by atoms with Crippen LogP contribution in [0.4, 0.5) is 9.80 Å². The van der Waals surface area contributed by atoms with Crippen LogP contribution in [-0.4, -0.2) is 59.6 Å². The fourth-order valence-electron chi connectivity index (χ4n) is 3.09. The van der Waals surface area contributed by atoms with Gasteiger partial charge in [-0.1, -0.05) is 0 Å². The quantitative estimate of drug-likeness (QED) is 0.907. The minimum atomic E-state index is 0.0542. The van der Waals surface area contributed by atoms with Gasteiger partial charge in [0.15, 0.2) is 0 Å². The molecule has 0 radical (unpaired) electrons. The van der Waals surface area contributed by atoms with E-state index in [1.165, 1.54) is 24.3 Å². The zero-order valence-electron chi connectivity index (χ0n) is 12.3. The minimum Gasteiger partial charge on any atom is -0.323 e. The number of thioether (sulfide) groups is 1. The van der Waals surface area contributed by atoms with Crippen molar-refractivity contribution in [1.82, 2.24) is 9.80 Å². The van der Waals surface area contributed by atoms with Crippen molar-refractivity contribution in [2.75, 3.05) is 43.0 Å². The van der Waals surface area contributed by atoms with Gasteiger partial charge in [0.1, 0.15) is 0 Å². The molecule has 3 heterocycles. The second-order valence-electron chi connectivity index (χ2n) is 5.63. The molecule has 1 aromatic rings. The highest BCUT2D eigenvalue weighted by Crippen LogP contribution is 2.23. The smallest absolute Gasteiger partial charge is 0.322 e. The molecular weight excluding hydrogens is 302 g/mol. The Kier molecular flexibility index (Phi) is 5.43. The molecule has 2 saturated heterocycles. The van der Waals surface area contributed by atoms with Crippen molar-refractivity contribution in [3.63, 3.8) is 0 Å². The van der Waals surface area contributed by atoms with E-state index in [2.05, 4.69) is 22.0 Å². The standard InChI is InChI=1S/C15H23N3OS2/c19-15(16-14-3-1-10-21-14)18-7-2-6-17(8-9-18)13-4-11-20-12-5-13/h1,3,10,13H,2,4-9,11-12H2,(H,16,19). The van der Waals surface area contributed by atoms with Gasteiger partial charge in [-0.3, -0.25) is 10.2 Å². The molecule has 2 aliphatic rings. The number of nitrogens with one attached hydrogen (secondary N) is 1. The first kappa shape index (κ1) is 15.2. The summed E-state index contributed by atoms with van der Waals surface area (Å²) >= 11 is 3.65. The fourth-order valence-corrected chi connectivity index (χ4v) is 4.78. The number of amides is 2. The summed E-state index contributed by atoms with van der Waals surface area (Å²) in [6.45, 7) is 3.88. The summed E-state index contributed by atoms with van der Waals surface area (Å²) in [6, 6.07) is 4.71. The van der Waals surface area contributed by atoms with Gasteiger partial charge < -0.3 is 4.90 Å². The third-order valence-electron chi connectivity index (χ3n) is 4.28. The highest BCUT2D eigenvalue weighted by Gasteiger charge is 2.25. The third kappa shape index (κ3) is 4.14. The van der Waals surface area contributed by atoms with Gasteiger partial charge >= 0.3 is 6.03 Å². The molecule has 1 N–H and O–H groups in total. The van der Waals surface area contributed by atoms with Crippen LogP contribution in [0, 0.1) is 0 Å². The summed E-state index contributed by atoms with van der Waals surface area (Å²) in [4.78, 5) is 16.9. The van der Waals surface area contributed by atoms with Crippen LogP contribution in [0.2, 0.25) is 0 Å². The Morgan fingerprint density at radius 2 is 2.05 bits per heavy atom. The SMILES string of the molecule is O=C(Nc1cccs1)N1CCCN(C2CCSCC2)CC1. The Bertz CT molecular complexity index is 446. The number of thiophene rings is 1. The van der Waals surface area contributed by atoms with Crippen LogP contribution < -0.4 is 5.32 Å². The number of anilines is 1. The highest BCUT2D eigenvalue weighted by molar-refractivity contribution is 7.99. The predicted molar refractivity (Wildman–Crippen MR) is 91.4 cm³/mol. The summed E-state index contributed by atoms with van der Waals surface area (Å²) < 4.78 is 0. The van der Waals surface area contributed by atoms with Crippen LogP contribution in [0.3, 0.4) is 0 Å². The van der Waals surface area contributed by atoms with Gasteiger partial charge in [-0.25, -0.2) is 4.79 Å². The molecule has 116 valence electrons. The molecule has 0 bridgehead atoms. The van der Waals surface area contributed by atoms with Crippen molar-refractivity contribution in [2.45, 2.75) is 25.3 Å². The van der Waals surface area contributed by atoms with Crippen LogP contribution in [0.1, 0.15) is 19.3 Å². The number of hydrogen-bond acceptors (Lipinski definition) is 4. The molecule has 0 spiro atoms. The number of carbonyl (C=O) groups is 1. The largest absolute Gasteiger partial charge is 0.323 e. The lowest BCUT2D eigenvalue weighted by molar-refractivity contribution is 0.186. The molecule has 2 amide bonds. The summed E-state index contributed by atoms with van der Waals surface area (Å²) in [5.74, 6) is 2.59. The van der Waals surface area contributed by atoms with Crippen molar-refractivity contribution in [3.8, 4) is 0 Å². The molecule has 4 nitrogen and oxygen atoms in total. The summed E-state index contributed by atoms with van der Waals surface area (Å²) in [7, 11) is 0. The first-order valence-corrected chi connectivity index (χ1v) is 9.77. The van der Waals surface area contributed by atoms with Gasteiger partial charge in [-0.15, -0.1) is 11.3 Å². The Labute approximate surface area is 134 Å². The maximum absolute atomic E-state index is 12.3. The van der Waals surface area contributed by atoms with E-state index >= 15 is 0 Å². The second kappa shape index (κ2) is 7.51. The molecule has 0 atom stereocenters. The van der Waals surface area contributed by atoms with E-state index in [0.717, 1.165) is 43.6 Å². The van der Waals surface area contributed by atoms with Gasteiger partial charge in [0, 0.05) is 32.2 Å². The lowest BCUT2D eigenvalue weighted by Crippen LogP contribution is -2.42. The predicted octanol–water partition coefficient (Wildman–Crippen LogP) is 3.18. The van der Waals surface area contributed by atoms with Crippen LogP contribution in [0.15, 0.2) is 17.5 Å². The Morgan fingerprint density at radius 1 is 1.19 bits per heavy atom. The molecule has 1 aromatic heterocycles. The first-order valence-electron chi connectivity index (χ1n) is 7.74. The van der Waals surface area contributed by atoms with Gasteiger partial charge in [0.05, 0.1) is 5.00 Å². The summed E-state index contributed by atoms with van der Waals surface area (Å²) in [5.41, 5.74) is 0. The topological polar surface area (TPSA) is 35.6 Å². The van der Waals surface area contributed by atoms with Crippen molar-refractivity contribution < 1.29 is 4.79 Å². The van der Waals surface area contributed by atoms with E-state index in [0.29, 0.717) is 0 Å². The number of urea groups is 1. The van der Waals surface area contributed by atoms with Gasteiger partial charge in [-0.05, 0) is 48.3 Å². The van der Waals surface area contributed by atoms with Gasteiger partial charge in [0.25, 0.3) is 0 Å². The molecule has 0 aromatic carbocycles. The van der Waals surface area contributed by atoms with E-state index < -0.39 is 0 Å². The second-order valence-corrected chi connectivity index (χ2v) is 7.80. The number of nitrogens with zero attached hydrogens (tertiary/aromatic N) is 2. The normalized spacial score (nSPS) is 22.0. The van der Waals surface area contributed by atoms with Crippen molar-refractivity contribution in [2.24, 2.45) is 0 Å². The summed E-state index contributed by atoms with van der Waals surface area (Å²) in [5, 5.41) is 5.92. The fraction of sp³-hybridized carbons (Fsp3) is 0.667. The zero-order valence-corrected chi connectivity index (χ0v) is 13.9. The maximum Gasteiger partial charge on any atom is 0.322 e. The van der Waals surface area contributed by atoms with Gasteiger partial charge in [0.2, 0.25) is 0 Å². The average molecular weight is 326 g/mol. The molecule has 0 saturated carbocycles. The molecular formula is C15H23N3OS2. The van der Waals surface area contributed by atoms with Crippen molar-refractivity contribution in [3.05, 3.63) is 17.5 Å². The van der Waals surface area contributed by atoms with Crippen LogP contribution in [0.25, 0.3) is 0 Å². The van der Waals surface area contributed by atoms with E-state index in [4.69, 9.17) is 0 Å². The Morgan fingerprint density at radius 3 is 2.81 bits per heavy atom. The molecule has 2 aliphatic heterocycles. The Hall–Kier alpha value is -0.720. The number of rotatable bonds is 2. The molecule has 2 fully saturated rings. The summed E-state index contributed by atoms with van der Waals surface area (Å²) in [6.07, 6.45) is 3.71. The Balaban J connectivity index is 1.51. The van der Waals surface area contributed by atoms with E-state index in [-0.39, 0.29) is 6.03 Å². The molecule has 6 heteroatoms. The van der Waals surface area contributed by atoms with E-state index in [9.17, 15) is 4.79 Å². The lowest BCUT2D eigenvalue weighted by atomic mass is 10.1. The molecule has 21 heavy (non-hydrogen) atoms. The van der Waals surface area contributed by atoms with Gasteiger partial charge in [-0.2, -0.15) is 11.8 Å². The lowest BCUT2D eigenvalue weighted by Gasteiger charge is -2.33. The van der Waals surface area contributed by atoms with Crippen LogP contribution >= 0.6 is 23.1 Å². The van der Waals surface area contributed by atoms with Crippen LogP contribution in [-0.2, 0) is 0 Å². The minimum absolute atomic E-state index is 0.0542. The third-order valence-corrected chi connectivity index (χ3v) is 6.11. The monoisotopic (exact) mass is 325 g/mol. The number of carbonyl (C=O) groups excluding carboxylic acids is 1. The van der Waals surface area contributed by atoms with E-state index in [1.54, 1.807) is 11.3 Å². The van der Waals surface area contributed by atoms with Crippen molar-refractivity contribution >= 4 is 34.1 Å². The zero-order chi connectivity index (χ0) is 14.5. The van der Waals surface area contributed by atoms with Crippen LogP contribution in [0.5, 0.6) is 0 Å². The number of hydrogen-bond donors (Lipinski definition) is 1. The highest BCUT2D eigenvalue weighted by atomic mass is 32.2. The maximum atomic E-state index is 12.3.